The van der Waals surface area contributed by atoms with Crippen molar-refractivity contribution in [1.82, 2.24) is 19.6 Å². The third-order valence-electron chi connectivity index (χ3n) is 4.18. The fourth-order valence-electron chi connectivity index (χ4n) is 2.99. The summed E-state index contributed by atoms with van der Waals surface area (Å²) in [4.78, 5) is 9.19. The largest absolute Gasteiger partial charge is 0.388 e. The first-order chi connectivity index (χ1) is 14.4. The van der Waals surface area contributed by atoms with Crippen LogP contribution >= 0.6 is 0 Å². The summed E-state index contributed by atoms with van der Waals surface area (Å²) in [5, 5.41) is 4.63. The number of halogens is 1. The lowest BCUT2D eigenvalue weighted by Crippen LogP contribution is -2.68. The lowest BCUT2D eigenvalue weighted by Gasteiger charge is -2.17. The number of fused-ring (bicyclic) bond motifs is 3. The van der Waals surface area contributed by atoms with Crippen LogP contribution in [-0.4, -0.2) is 19.6 Å². The summed E-state index contributed by atoms with van der Waals surface area (Å²) in [5.41, 5.74) is 4.04. The van der Waals surface area contributed by atoms with E-state index in [9.17, 15) is 0 Å². The van der Waals surface area contributed by atoms with Gasteiger partial charge in [0.1, 0.15) is 11.4 Å². The second-order valence-electron chi connectivity index (χ2n) is 6.14. The van der Waals surface area contributed by atoms with Gasteiger partial charge in [-0.1, -0.05) is 65.2 Å². The van der Waals surface area contributed by atoms with Crippen molar-refractivity contribution in [1.29, 1.82) is 0 Å². The Bertz CT molecular complexity index is 1280. The van der Waals surface area contributed by atoms with Crippen LogP contribution in [0.3, 0.4) is 0 Å². The van der Waals surface area contributed by atoms with Crippen LogP contribution in [0.15, 0.2) is 85.2 Å². The van der Waals surface area contributed by atoms with Crippen molar-refractivity contribution in [2.75, 3.05) is 0 Å². The molecule has 0 N–H and O–H groups in total. The molecule has 5 aromatic rings. The van der Waals surface area contributed by atoms with Crippen LogP contribution in [0.4, 0.5) is 0 Å². The zero-order valence-electron chi connectivity index (χ0n) is 15.3. The molecular formula is C20H14ClN5O4. The average Bonchev–Trinajstić information content (AvgIpc) is 3.12. The topological polar surface area (TPSA) is 139 Å². The summed E-state index contributed by atoms with van der Waals surface area (Å²) in [6.45, 7) is 0. The van der Waals surface area contributed by atoms with Crippen molar-refractivity contribution in [2.24, 2.45) is 0 Å². The molecule has 0 bridgehead atoms. The Morgan fingerprint density at radius 2 is 1.40 bits per heavy atom. The van der Waals surface area contributed by atoms with Gasteiger partial charge in [0.05, 0.1) is 12.4 Å². The van der Waals surface area contributed by atoms with E-state index in [1.165, 1.54) is 0 Å². The molecule has 0 saturated heterocycles. The molecule has 0 radical (unpaired) electrons. The van der Waals surface area contributed by atoms with E-state index in [0.29, 0.717) is 5.78 Å². The molecule has 10 heteroatoms. The predicted molar refractivity (Wildman–Crippen MR) is 94.8 cm³/mol. The molecule has 3 aromatic heterocycles. The van der Waals surface area contributed by atoms with Crippen LogP contribution in [0, 0.1) is 10.2 Å². The van der Waals surface area contributed by atoms with Crippen molar-refractivity contribution in [3.63, 3.8) is 0 Å². The minimum atomic E-state index is -4.94. The number of hydrogen-bond acceptors (Lipinski definition) is 7. The first-order valence-corrected chi connectivity index (χ1v) is 9.92. The van der Waals surface area contributed by atoms with Crippen LogP contribution in [-0.2, 0) is 0 Å². The highest BCUT2D eigenvalue weighted by Gasteiger charge is 2.20. The molecular weight excluding hydrogens is 410 g/mol. The molecule has 0 fully saturated rings. The lowest BCUT2D eigenvalue weighted by molar-refractivity contribution is -2.00. The Hall–Kier alpha value is -3.47. The van der Waals surface area contributed by atoms with E-state index in [1.54, 1.807) is 6.20 Å². The van der Waals surface area contributed by atoms with E-state index in [4.69, 9.17) is 23.6 Å². The zero-order chi connectivity index (χ0) is 21.1. The molecule has 0 aliphatic rings. The van der Waals surface area contributed by atoms with Gasteiger partial charge in [-0.15, -0.1) is 20.2 Å². The molecule has 9 nitrogen and oxygen atoms in total. The van der Waals surface area contributed by atoms with Crippen molar-refractivity contribution < 1.29 is 33.3 Å². The second-order valence-corrected chi connectivity index (χ2v) is 6.89. The molecule has 30 heavy (non-hydrogen) atoms. The fraction of sp³-hybridized carbons (Fsp3) is 0. The Kier molecular flexibility index (Phi) is 5.36. The first kappa shape index (κ1) is 19.8. The molecule has 0 saturated carbocycles. The van der Waals surface area contributed by atoms with Gasteiger partial charge in [-0.2, -0.15) is 4.40 Å². The third kappa shape index (κ3) is 4.40. The molecule has 0 atom stereocenters. The number of hydrogen-bond donors (Lipinski definition) is 0. The molecule has 150 valence electrons. The summed E-state index contributed by atoms with van der Waals surface area (Å²) in [6.07, 6.45) is 3.67. The summed E-state index contributed by atoms with van der Waals surface area (Å²) >= 11 is 0. The van der Waals surface area contributed by atoms with Gasteiger partial charge in [-0.25, -0.2) is 18.6 Å². The molecule has 3 heterocycles. The van der Waals surface area contributed by atoms with Crippen molar-refractivity contribution in [2.45, 2.75) is 0 Å². The molecule has 0 spiro atoms. The number of nitrogens with zero attached hydrogens (tertiary/aromatic N) is 5. The highest BCUT2D eigenvalue weighted by atomic mass is 35.7. The normalized spacial score (nSPS) is 11.3. The van der Waals surface area contributed by atoms with Crippen molar-refractivity contribution >= 4 is 11.6 Å². The maximum atomic E-state index is 8.49. The molecule has 0 amide bonds. The van der Waals surface area contributed by atoms with Gasteiger partial charge in [0.25, 0.3) is 0 Å². The van der Waals surface area contributed by atoms with E-state index < -0.39 is 10.2 Å². The minimum Gasteiger partial charge on any atom is -0.222 e. The Morgan fingerprint density at radius 3 is 2.03 bits per heavy atom. The Balaban J connectivity index is 0.000000393. The SMILES string of the molecule is [O-][Cl+3]([O-])([O-])[O-].c1ccc(-c2cc(-c3ccccc3)n3nc4nccc[n+]4c3n2)cc1. The van der Waals surface area contributed by atoms with Gasteiger partial charge in [-0.05, 0) is 6.07 Å². The van der Waals surface area contributed by atoms with Crippen molar-refractivity contribution in [3.05, 3.63) is 85.2 Å². The summed E-state index contributed by atoms with van der Waals surface area (Å²) < 4.78 is 37.7. The van der Waals surface area contributed by atoms with Gasteiger partial charge in [-0.3, -0.25) is 0 Å². The van der Waals surface area contributed by atoms with E-state index in [2.05, 4.69) is 40.4 Å². The Morgan fingerprint density at radius 1 is 0.800 bits per heavy atom. The quantitative estimate of drug-likeness (QED) is 0.313. The first-order valence-electron chi connectivity index (χ1n) is 8.69. The van der Waals surface area contributed by atoms with Gasteiger partial charge >= 0.3 is 11.6 Å². The molecule has 2 aromatic carbocycles. The number of aromatic nitrogens is 5. The third-order valence-corrected chi connectivity index (χ3v) is 4.18. The Labute approximate surface area is 172 Å². The second kappa shape index (κ2) is 8.11. The molecule has 5 rings (SSSR count). The monoisotopic (exact) mass is 423 g/mol. The lowest BCUT2D eigenvalue weighted by atomic mass is 10.1. The van der Waals surface area contributed by atoms with Gasteiger partial charge in [0, 0.05) is 22.3 Å². The zero-order valence-corrected chi connectivity index (χ0v) is 16.1. The van der Waals surface area contributed by atoms with Crippen LogP contribution in [0.5, 0.6) is 0 Å². The fourth-order valence-corrected chi connectivity index (χ4v) is 2.99. The number of rotatable bonds is 2. The van der Waals surface area contributed by atoms with Crippen LogP contribution < -0.4 is 23.0 Å². The van der Waals surface area contributed by atoms with E-state index in [0.717, 1.165) is 28.3 Å². The van der Waals surface area contributed by atoms with Gasteiger partial charge in [0.2, 0.25) is 0 Å². The summed E-state index contributed by atoms with van der Waals surface area (Å²) in [5.74, 6) is 1.36. The maximum absolute atomic E-state index is 8.49. The molecule has 0 aliphatic carbocycles. The maximum Gasteiger partial charge on any atom is 0.388 e. The van der Waals surface area contributed by atoms with E-state index in [1.807, 2.05) is 57.6 Å². The van der Waals surface area contributed by atoms with Crippen molar-refractivity contribution in [3.8, 4) is 22.5 Å². The standard InChI is InChI=1S/C20H14N5.ClHO4/c1-3-8-15(9-4-1)17-14-18(16-10-5-2-6-11-16)25-20(22-17)24-13-7-12-21-19(24)23-25;2-1(3,4)5/h1-14H;(H,2,3,4,5)/q+1;/p-1. The molecule has 0 aliphatic heterocycles. The smallest absolute Gasteiger partial charge is 0.222 e. The van der Waals surface area contributed by atoms with Gasteiger partial charge in [0.15, 0.2) is 0 Å². The number of benzene rings is 2. The van der Waals surface area contributed by atoms with Crippen LogP contribution in [0.1, 0.15) is 0 Å². The average molecular weight is 424 g/mol. The highest BCUT2D eigenvalue weighted by Crippen LogP contribution is 2.25. The predicted octanol–water partition coefficient (Wildman–Crippen LogP) is -1.56. The van der Waals surface area contributed by atoms with E-state index >= 15 is 0 Å². The van der Waals surface area contributed by atoms with Crippen LogP contribution in [0.2, 0.25) is 0 Å². The molecule has 0 unspecified atom stereocenters. The highest BCUT2D eigenvalue weighted by molar-refractivity contribution is 5.70. The summed E-state index contributed by atoms with van der Waals surface area (Å²) in [6, 6.07) is 24.4. The summed E-state index contributed by atoms with van der Waals surface area (Å²) in [7, 11) is -4.94. The van der Waals surface area contributed by atoms with Gasteiger partial charge < -0.3 is 0 Å². The minimum absolute atomic E-state index is 0.623. The van der Waals surface area contributed by atoms with E-state index in [-0.39, 0.29) is 0 Å². The van der Waals surface area contributed by atoms with Crippen LogP contribution in [0.25, 0.3) is 34.1 Å².